The number of nitrogens with zero attached hydrogens (tertiary/aromatic N) is 2. The van der Waals surface area contributed by atoms with Crippen molar-refractivity contribution >= 4 is 23.8 Å². The SMILES string of the molecule is CCCCCCCCC(CCCCCC)COC(=O)CCCCCC(CCCCCC(=O)OC[C@H](CCCCCC)CCCCCCCC)N(CCCN(C)C)C(=O)CCCCCCCC(=O)OCC. The quantitative estimate of drug-likeness (QED) is 0.0337. The molecule has 9 nitrogen and oxygen atoms in total. The number of esters is 3. The van der Waals surface area contributed by atoms with Crippen molar-refractivity contribution in [2.24, 2.45) is 11.8 Å². The van der Waals surface area contributed by atoms with Gasteiger partial charge in [0.1, 0.15) is 0 Å². The minimum Gasteiger partial charge on any atom is -0.466 e. The van der Waals surface area contributed by atoms with Crippen LogP contribution in [0.2, 0.25) is 0 Å². The summed E-state index contributed by atoms with van der Waals surface area (Å²) < 4.78 is 16.9. The molecule has 0 saturated heterocycles. The summed E-state index contributed by atoms with van der Waals surface area (Å²) in [5, 5.41) is 0. The van der Waals surface area contributed by atoms with E-state index < -0.39 is 0 Å². The van der Waals surface area contributed by atoms with Crippen LogP contribution < -0.4 is 0 Å². The van der Waals surface area contributed by atoms with Gasteiger partial charge in [-0.2, -0.15) is 0 Å². The maximum atomic E-state index is 14.1. The van der Waals surface area contributed by atoms with E-state index in [-0.39, 0.29) is 29.9 Å². The van der Waals surface area contributed by atoms with Crippen LogP contribution in [0, 0.1) is 11.8 Å². The Kier molecular flexibility index (Phi) is 50.1. The Morgan fingerprint density at radius 3 is 1.04 bits per heavy atom. The molecular formula is C61H118N2O7. The van der Waals surface area contributed by atoms with Crippen LogP contribution in [0.3, 0.4) is 0 Å². The summed E-state index contributed by atoms with van der Waals surface area (Å²) in [7, 11) is 4.18. The van der Waals surface area contributed by atoms with Gasteiger partial charge >= 0.3 is 17.9 Å². The van der Waals surface area contributed by atoms with Crippen LogP contribution in [-0.2, 0) is 33.4 Å². The summed E-state index contributed by atoms with van der Waals surface area (Å²) in [6.07, 6.45) is 45.0. The lowest BCUT2D eigenvalue weighted by Crippen LogP contribution is -2.41. The van der Waals surface area contributed by atoms with E-state index in [1.54, 1.807) is 0 Å². The third kappa shape index (κ3) is 44.5. The van der Waals surface area contributed by atoms with E-state index in [2.05, 4.69) is 51.6 Å². The third-order valence-corrected chi connectivity index (χ3v) is 14.5. The zero-order valence-electron chi connectivity index (χ0n) is 47.7. The van der Waals surface area contributed by atoms with Crippen molar-refractivity contribution in [1.29, 1.82) is 0 Å². The Labute approximate surface area is 434 Å². The molecule has 1 amide bonds. The molecule has 3 atom stereocenters. The molecule has 0 aromatic heterocycles. The number of amides is 1. The fourth-order valence-corrected chi connectivity index (χ4v) is 9.96. The summed E-state index contributed by atoms with van der Waals surface area (Å²) in [6.45, 7) is 14.1. The topological polar surface area (TPSA) is 102 Å². The number of hydrogen-bond donors (Lipinski definition) is 0. The van der Waals surface area contributed by atoms with Gasteiger partial charge in [0.15, 0.2) is 0 Å². The van der Waals surface area contributed by atoms with Crippen molar-refractivity contribution in [3.8, 4) is 0 Å². The Morgan fingerprint density at radius 2 is 0.657 bits per heavy atom. The Balaban J connectivity index is 5.45. The fourth-order valence-electron chi connectivity index (χ4n) is 9.96. The highest BCUT2D eigenvalue weighted by atomic mass is 16.5. The highest BCUT2D eigenvalue weighted by Gasteiger charge is 2.23. The lowest BCUT2D eigenvalue weighted by Gasteiger charge is -2.33. The molecule has 0 rings (SSSR count). The maximum Gasteiger partial charge on any atom is 0.305 e. The van der Waals surface area contributed by atoms with Crippen LogP contribution in [0.15, 0.2) is 0 Å². The molecule has 9 heteroatoms. The first kappa shape index (κ1) is 67.8. The van der Waals surface area contributed by atoms with Gasteiger partial charge in [0.25, 0.3) is 0 Å². The van der Waals surface area contributed by atoms with Gasteiger partial charge in [0, 0.05) is 38.3 Å². The van der Waals surface area contributed by atoms with Crippen molar-refractivity contribution in [2.75, 3.05) is 47.0 Å². The second kappa shape index (κ2) is 51.7. The van der Waals surface area contributed by atoms with E-state index in [1.165, 1.54) is 128 Å². The molecule has 414 valence electrons. The third-order valence-electron chi connectivity index (χ3n) is 14.5. The molecule has 0 heterocycles. The molecule has 0 fully saturated rings. The number of unbranched alkanes of at least 4 members (excludes halogenated alkanes) is 24. The highest BCUT2D eigenvalue weighted by molar-refractivity contribution is 5.76. The van der Waals surface area contributed by atoms with Crippen LogP contribution in [-0.4, -0.2) is 86.7 Å². The van der Waals surface area contributed by atoms with Crippen molar-refractivity contribution in [3.63, 3.8) is 0 Å². The molecule has 0 bridgehead atoms. The predicted octanol–water partition coefficient (Wildman–Crippen LogP) is 17.1. The van der Waals surface area contributed by atoms with E-state index in [9.17, 15) is 19.2 Å². The van der Waals surface area contributed by atoms with Crippen LogP contribution in [0.5, 0.6) is 0 Å². The van der Waals surface area contributed by atoms with Gasteiger partial charge in [-0.25, -0.2) is 0 Å². The normalized spacial score (nSPS) is 12.8. The minimum absolute atomic E-state index is 0.0572. The number of hydrogen-bond acceptors (Lipinski definition) is 8. The fraction of sp³-hybridized carbons (Fsp3) is 0.934. The van der Waals surface area contributed by atoms with Crippen molar-refractivity contribution in [1.82, 2.24) is 9.80 Å². The average Bonchev–Trinajstić information content (AvgIpc) is 3.34. The summed E-state index contributed by atoms with van der Waals surface area (Å²) in [5.74, 6) is 0.962. The van der Waals surface area contributed by atoms with Crippen LogP contribution in [0.4, 0.5) is 0 Å². The molecule has 0 spiro atoms. The predicted molar refractivity (Wildman–Crippen MR) is 296 cm³/mol. The molecule has 0 aliphatic heterocycles. The van der Waals surface area contributed by atoms with Gasteiger partial charge in [0.2, 0.25) is 5.91 Å². The second-order valence-corrected chi connectivity index (χ2v) is 21.6. The monoisotopic (exact) mass is 991 g/mol. The van der Waals surface area contributed by atoms with Crippen LogP contribution in [0.1, 0.15) is 304 Å². The number of carbonyl (C=O) groups is 4. The van der Waals surface area contributed by atoms with E-state index in [4.69, 9.17) is 14.2 Å². The lowest BCUT2D eigenvalue weighted by atomic mass is 9.95. The zero-order valence-corrected chi connectivity index (χ0v) is 47.7. The van der Waals surface area contributed by atoms with E-state index in [0.29, 0.717) is 57.3 Å². The van der Waals surface area contributed by atoms with Gasteiger partial charge < -0.3 is 24.0 Å². The maximum absolute atomic E-state index is 14.1. The molecule has 0 aromatic rings. The van der Waals surface area contributed by atoms with E-state index >= 15 is 0 Å². The Bertz CT molecular complexity index is 1120. The van der Waals surface area contributed by atoms with Gasteiger partial charge in [-0.15, -0.1) is 0 Å². The van der Waals surface area contributed by atoms with Gasteiger partial charge in [0.05, 0.1) is 19.8 Å². The molecule has 0 radical (unpaired) electrons. The molecule has 0 aromatic carbocycles. The average molecular weight is 992 g/mol. The van der Waals surface area contributed by atoms with E-state index in [1.807, 2.05) is 6.92 Å². The van der Waals surface area contributed by atoms with E-state index in [0.717, 1.165) is 129 Å². The molecule has 0 aliphatic carbocycles. The standard InChI is InChI=1S/C61H118N2O7/c1-8-13-17-21-24-32-43-55(41-30-19-15-10-3)53-69-60(66)49-38-28-34-45-57(63(52-40-51-62(6)7)58(64)47-36-26-23-27-37-48-59(65)68-12-5)46-35-29-39-50-61(67)70-54-56(42-31-20-16-11-4)44-33-25-22-18-14-9-2/h55-57H,8-54H2,1-7H3/t55-,56?,57?/m1/s1. The van der Waals surface area contributed by atoms with Crippen LogP contribution >= 0.6 is 0 Å². The van der Waals surface area contributed by atoms with Crippen molar-refractivity contribution in [3.05, 3.63) is 0 Å². The Hall–Kier alpha value is -2.16. The number of rotatable bonds is 54. The zero-order chi connectivity index (χ0) is 51.6. The smallest absolute Gasteiger partial charge is 0.305 e. The van der Waals surface area contributed by atoms with Crippen molar-refractivity contribution < 1.29 is 33.4 Å². The molecule has 0 saturated carbocycles. The minimum atomic E-state index is -0.122. The van der Waals surface area contributed by atoms with Crippen LogP contribution in [0.25, 0.3) is 0 Å². The van der Waals surface area contributed by atoms with Gasteiger partial charge in [-0.1, -0.05) is 201 Å². The molecule has 0 aliphatic rings. The molecular weight excluding hydrogens is 873 g/mol. The Morgan fingerprint density at radius 1 is 0.343 bits per heavy atom. The van der Waals surface area contributed by atoms with Gasteiger partial charge in [-0.05, 0) is 110 Å². The first-order chi connectivity index (χ1) is 34.1. The van der Waals surface area contributed by atoms with Gasteiger partial charge in [-0.3, -0.25) is 19.2 Å². The highest BCUT2D eigenvalue weighted by Crippen LogP contribution is 2.24. The second-order valence-electron chi connectivity index (χ2n) is 21.6. The summed E-state index contributed by atoms with van der Waals surface area (Å²) in [5.41, 5.74) is 0. The van der Waals surface area contributed by atoms with Crippen molar-refractivity contribution in [2.45, 2.75) is 310 Å². The first-order valence-corrected chi connectivity index (χ1v) is 30.5. The summed E-state index contributed by atoms with van der Waals surface area (Å²) in [6, 6.07) is 0.143. The largest absolute Gasteiger partial charge is 0.466 e. The lowest BCUT2D eigenvalue weighted by molar-refractivity contribution is -0.146. The summed E-state index contributed by atoms with van der Waals surface area (Å²) >= 11 is 0. The number of carbonyl (C=O) groups excluding carboxylic acids is 4. The summed E-state index contributed by atoms with van der Waals surface area (Å²) in [4.78, 5) is 56.3. The first-order valence-electron chi connectivity index (χ1n) is 30.5. The molecule has 70 heavy (non-hydrogen) atoms. The molecule has 0 N–H and O–H groups in total. The molecule has 2 unspecified atom stereocenters. The number of ether oxygens (including phenoxy) is 3.